The summed E-state index contributed by atoms with van der Waals surface area (Å²) < 4.78 is 0. The van der Waals surface area contributed by atoms with Gasteiger partial charge < -0.3 is 0 Å². The van der Waals surface area contributed by atoms with Gasteiger partial charge in [0.2, 0.25) is 0 Å². The number of hydrogen-bond acceptors (Lipinski definition) is 5. The van der Waals surface area contributed by atoms with Gasteiger partial charge in [0, 0.05) is 34.6 Å². The Morgan fingerprint density at radius 3 is 1.27 bits per heavy atom. The quantitative estimate of drug-likeness (QED) is 0.232. The zero-order valence-corrected chi connectivity index (χ0v) is 21.5. The molecule has 5 nitrogen and oxygen atoms in total. The van der Waals surface area contributed by atoms with Gasteiger partial charge in [0.1, 0.15) is 6.33 Å². The molecule has 7 aromatic rings. The molecule has 2 heterocycles. The highest BCUT2D eigenvalue weighted by Gasteiger charge is 2.12. The monoisotopic (exact) mass is 513 g/mol. The normalized spacial score (nSPS) is 11.0. The maximum Gasteiger partial charge on any atom is 0.164 e. The van der Waals surface area contributed by atoms with E-state index in [0.29, 0.717) is 17.5 Å². The molecular weight excluding hydrogens is 490 g/mol. The van der Waals surface area contributed by atoms with Gasteiger partial charge in [-0.2, -0.15) is 0 Å². The minimum absolute atomic E-state index is 0.646. The molecule has 2 aromatic heterocycles. The van der Waals surface area contributed by atoms with Crippen LogP contribution >= 0.6 is 0 Å². The zero-order chi connectivity index (χ0) is 26.7. The molecule has 0 unspecified atom stereocenters. The third-order valence-corrected chi connectivity index (χ3v) is 6.91. The summed E-state index contributed by atoms with van der Waals surface area (Å²) in [6.07, 6.45) is 5.23. The summed E-state index contributed by atoms with van der Waals surface area (Å²) in [6, 6.07) is 41.4. The van der Waals surface area contributed by atoms with E-state index in [1.54, 1.807) is 6.33 Å². The van der Waals surface area contributed by atoms with E-state index in [4.69, 9.17) is 15.0 Å². The summed E-state index contributed by atoms with van der Waals surface area (Å²) >= 11 is 0. The van der Waals surface area contributed by atoms with Crippen molar-refractivity contribution < 1.29 is 0 Å². The highest BCUT2D eigenvalue weighted by Crippen LogP contribution is 2.30. The van der Waals surface area contributed by atoms with Crippen LogP contribution in [0.4, 0.5) is 0 Å². The van der Waals surface area contributed by atoms with Crippen LogP contribution in [-0.2, 0) is 0 Å². The molecule has 0 atom stereocenters. The summed E-state index contributed by atoms with van der Waals surface area (Å²) in [5, 5.41) is 2.36. The molecular formula is C35H23N5. The maximum atomic E-state index is 4.85. The van der Waals surface area contributed by atoms with E-state index in [-0.39, 0.29) is 0 Å². The molecule has 0 saturated carbocycles. The Morgan fingerprint density at radius 2 is 0.750 bits per heavy atom. The number of rotatable bonds is 5. The van der Waals surface area contributed by atoms with Crippen LogP contribution in [0, 0.1) is 0 Å². The van der Waals surface area contributed by atoms with Crippen molar-refractivity contribution in [2.45, 2.75) is 0 Å². The predicted molar refractivity (Wildman–Crippen MR) is 160 cm³/mol. The summed E-state index contributed by atoms with van der Waals surface area (Å²) in [5.74, 6) is 1.96. The van der Waals surface area contributed by atoms with Crippen LogP contribution < -0.4 is 0 Å². The molecule has 0 N–H and O–H groups in total. The molecule has 188 valence electrons. The molecule has 5 aromatic carbocycles. The summed E-state index contributed by atoms with van der Waals surface area (Å²) in [6.45, 7) is 0. The van der Waals surface area contributed by atoms with Crippen molar-refractivity contribution in [1.29, 1.82) is 0 Å². The standard InChI is InChI=1S/C35H23N5/c1-3-7-26(8-4-1)33-38-34(27-9-5-2-6-10-27)40-35(39-33)28-15-11-24(12-16-28)29-17-13-25-14-18-30(20-31(25)19-29)32-21-36-23-37-22-32/h1-23H. The lowest BCUT2D eigenvalue weighted by molar-refractivity contribution is 1.07. The van der Waals surface area contributed by atoms with Crippen LogP contribution in [0.2, 0.25) is 0 Å². The second-order valence-corrected chi connectivity index (χ2v) is 9.52. The summed E-state index contributed by atoms with van der Waals surface area (Å²) in [5.41, 5.74) is 7.22. The first-order valence-electron chi connectivity index (χ1n) is 13.1. The van der Waals surface area contributed by atoms with E-state index < -0.39 is 0 Å². The fraction of sp³-hybridized carbons (Fsp3) is 0. The molecule has 5 heteroatoms. The second kappa shape index (κ2) is 10.3. The van der Waals surface area contributed by atoms with Crippen molar-refractivity contribution in [3.63, 3.8) is 0 Å². The van der Waals surface area contributed by atoms with E-state index in [1.165, 1.54) is 10.8 Å². The molecule has 40 heavy (non-hydrogen) atoms. The predicted octanol–water partition coefficient (Wildman–Crippen LogP) is 8.15. The SMILES string of the molecule is c1ccc(-c2nc(-c3ccccc3)nc(-c3ccc(-c4ccc5ccc(-c6cncnc6)cc5c4)cc3)n2)cc1. The number of nitrogens with zero attached hydrogens (tertiary/aromatic N) is 5. The van der Waals surface area contributed by atoms with Crippen LogP contribution in [-0.4, -0.2) is 24.9 Å². The first-order chi connectivity index (χ1) is 19.8. The smallest absolute Gasteiger partial charge is 0.164 e. The van der Waals surface area contributed by atoms with E-state index in [9.17, 15) is 0 Å². The topological polar surface area (TPSA) is 64.5 Å². The molecule has 0 amide bonds. The molecule has 0 fully saturated rings. The number of fused-ring (bicyclic) bond motifs is 1. The minimum atomic E-state index is 0.646. The minimum Gasteiger partial charge on any atom is -0.244 e. The van der Waals surface area contributed by atoms with Crippen molar-refractivity contribution in [2.75, 3.05) is 0 Å². The van der Waals surface area contributed by atoms with Crippen LogP contribution in [0.15, 0.2) is 140 Å². The molecule has 0 aliphatic heterocycles. The zero-order valence-electron chi connectivity index (χ0n) is 21.5. The number of hydrogen-bond donors (Lipinski definition) is 0. The Hall–Kier alpha value is -5.55. The van der Waals surface area contributed by atoms with E-state index in [1.807, 2.05) is 73.1 Å². The molecule has 0 bridgehead atoms. The van der Waals surface area contributed by atoms with Crippen molar-refractivity contribution >= 4 is 10.8 Å². The average Bonchev–Trinajstić information content (AvgIpc) is 3.05. The first kappa shape index (κ1) is 23.6. The molecule has 0 spiro atoms. The third kappa shape index (κ3) is 4.72. The second-order valence-electron chi connectivity index (χ2n) is 9.52. The van der Waals surface area contributed by atoms with E-state index in [2.05, 4.69) is 70.6 Å². The highest BCUT2D eigenvalue weighted by molar-refractivity contribution is 5.91. The van der Waals surface area contributed by atoms with Crippen LogP contribution in [0.5, 0.6) is 0 Å². The Morgan fingerprint density at radius 1 is 0.325 bits per heavy atom. The van der Waals surface area contributed by atoms with Gasteiger partial charge >= 0.3 is 0 Å². The molecule has 0 aliphatic carbocycles. The lowest BCUT2D eigenvalue weighted by atomic mass is 9.98. The third-order valence-electron chi connectivity index (χ3n) is 6.91. The lowest BCUT2D eigenvalue weighted by Gasteiger charge is -2.10. The number of aromatic nitrogens is 5. The van der Waals surface area contributed by atoms with Crippen molar-refractivity contribution in [1.82, 2.24) is 24.9 Å². The highest BCUT2D eigenvalue weighted by atomic mass is 15.0. The molecule has 0 aliphatic rings. The Bertz CT molecular complexity index is 1860. The Kier molecular flexibility index (Phi) is 6.07. The van der Waals surface area contributed by atoms with Crippen LogP contribution in [0.1, 0.15) is 0 Å². The summed E-state index contributed by atoms with van der Waals surface area (Å²) in [4.78, 5) is 22.8. The van der Waals surface area contributed by atoms with Gasteiger partial charge in [-0.15, -0.1) is 0 Å². The van der Waals surface area contributed by atoms with Crippen molar-refractivity contribution in [3.8, 4) is 56.4 Å². The number of benzene rings is 5. The van der Waals surface area contributed by atoms with Crippen LogP contribution in [0.3, 0.4) is 0 Å². The van der Waals surface area contributed by atoms with Gasteiger partial charge in [-0.3, -0.25) is 0 Å². The van der Waals surface area contributed by atoms with Gasteiger partial charge in [-0.25, -0.2) is 24.9 Å². The van der Waals surface area contributed by atoms with Crippen LogP contribution in [0.25, 0.3) is 67.2 Å². The van der Waals surface area contributed by atoms with Gasteiger partial charge in [-0.1, -0.05) is 109 Å². The van der Waals surface area contributed by atoms with E-state index in [0.717, 1.165) is 38.9 Å². The first-order valence-corrected chi connectivity index (χ1v) is 13.1. The fourth-order valence-corrected chi connectivity index (χ4v) is 4.80. The van der Waals surface area contributed by atoms with Crippen molar-refractivity contribution in [3.05, 3.63) is 140 Å². The molecule has 7 rings (SSSR count). The Balaban J connectivity index is 1.26. The van der Waals surface area contributed by atoms with E-state index >= 15 is 0 Å². The average molecular weight is 514 g/mol. The van der Waals surface area contributed by atoms with Gasteiger partial charge in [0.25, 0.3) is 0 Å². The molecule has 0 radical (unpaired) electrons. The molecule has 0 saturated heterocycles. The van der Waals surface area contributed by atoms with Gasteiger partial charge in [0.05, 0.1) is 0 Å². The lowest BCUT2D eigenvalue weighted by Crippen LogP contribution is -2.00. The largest absolute Gasteiger partial charge is 0.244 e. The fourth-order valence-electron chi connectivity index (χ4n) is 4.80. The van der Waals surface area contributed by atoms with Crippen molar-refractivity contribution in [2.24, 2.45) is 0 Å². The maximum absolute atomic E-state index is 4.85. The van der Waals surface area contributed by atoms with Gasteiger partial charge in [0.15, 0.2) is 17.5 Å². The van der Waals surface area contributed by atoms with Gasteiger partial charge in [-0.05, 0) is 39.6 Å². The summed E-state index contributed by atoms with van der Waals surface area (Å²) in [7, 11) is 0. The Labute approximate surface area is 231 Å².